The number of aliphatic imine (C=N–C) groups is 1. The number of hydrogen-bond donors (Lipinski definition) is 2. The summed E-state index contributed by atoms with van der Waals surface area (Å²) in [5, 5.41) is 7.73. The third kappa shape index (κ3) is 6.33. The van der Waals surface area contributed by atoms with Crippen molar-refractivity contribution in [3.05, 3.63) is 45.4 Å². The molecule has 0 spiro atoms. The Kier molecular flexibility index (Phi) is 7.91. The van der Waals surface area contributed by atoms with Crippen LogP contribution in [0.25, 0.3) is 0 Å². The first-order chi connectivity index (χ1) is 12.5. The number of para-hydroxylation sites is 1. The fourth-order valence-corrected chi connectivity index (χ4v) is 3.19. The minimum atomic E-state index is 0.496. The van der Waals surface area contributed by atoms with Crippen LogP contribution in [0.3, 0.4) is 0 Å². The second kappa shape index (κ2) is 10.2. The maximum atomic E-state index is 5.92. The highest BCUT2D eigenvalue weighted by atomic mass is 32.1. The lowest BCUT2D eigenvalue weighted by Crippen LogP contribution is -2.36. The number of benzene rings is 1. The topological polar surface area (TPSA) is 58.5 Å². The number of hydrogen-bond acceptors (Lipinski definition) is 4. The van der Waals surface area contributed by atoms with Gasteiger partial charge in [-0.25, -0.2) is 9.98 Å². The third-order valence-corrected chi connectivity index (χ3v) is 4.85. The summed E-state index contributed by atoms with van der Waals surface area (Å²) in [4.78, 5) is 10.5. The number of aryl methyl sites for hydroxylation is 2. The van der Waals surface area contributed by atoms with Crippen molar-refractivity contribution in [2.24, 2.45) is 10.9 Å². The van der Waals surface area contributed by atoms with Crippen molar-refractivity contribution >= 4 is 17.3 Å². The molecule has 1 aromatic heterocycles. The highest BCUT2D eigenvalue weighted by Crippen LogP contribution is 2.20. The predicted molar refractivity (Wildman–Crippen MR) is 110 cm³/mol. The van der Waals surface area contributed by atoms with Crippen molar-refractivity contribution in [1.29, 1.82) is 0 Å². The van der Waals surface area contributed by atoms with Crippen molar-refractivity contribution in [2.45, 2.75) is 47.7 Å². The fraction of sp³-hybridized carbons (Fsp3) is 0.500. The summed E-state index contributed by atoms with van der Waals surface area (Å²) in [5.41, 5.74) is 2.19. The van der Waals surface area contributed by atoms with Gasteiger partial charge in [0.1, 0.15) is 10.8 Å². The number of guanidine groups is 1. The van der Waals surface area contributed by atoms with Crippen LogP contribution < -0.4 is 15.4 Å². The van der Waals surface area contributed by atoms with Crippen molar-refractivity contribution < 1.29 is 4.74 Å². The maximum absolute atomic E-state index is 5.92. The van der Waals surface area contributed by atoms with Crippen LogP contribution in [0.15, 0.2) is 29.3 Å². The number of thiazole rings is 1. The van der Waals surface area contributed by atoms with Crippen LogP contribution in [-0.2, 0) is 13.1 Å². The van der Waals surface area contributed by atoms with E-state index in [-0.39, 0.29) is 0 Å². The molecule has 0 amide bonds. The van der Waals surface area contributed by atoms with Crippen LogP contribution >= 0.6 is 11.3 Å². The Morgan fingerprint density at radius 3 is 2.65 bits per heavy atom. The first-order valence-electron chi connectivity index (χ1n) is 9.15. The highest BCUT2D eigenvalue weighted by molar-refractivity contribution is 7.11. The lowest BCUT2D eigenvalue weighted by atomic mass is 10.2. The van der Waals surface area contributed by atoms with Crippen molar-refractivity contribution in [2.75, 3.05) is 13.2 Å². The van der Waals surface area contributed by atoms with E-state index in [0.717, 1.165) is 34.5 Å². The monoisotopic (exact) mass is 374 g/mol. The number of rotatable bonds is 8. The second-order valence-corrected chi connectivity index (χ2v) is 7.90. The third-order valence-electron chi connectivity index (χ3n) is 3.78. The molecular weight excluding hydrogens is 344 g/mol. The first kappa shape index (κ1) is 20.2. The Balaban J connectivity index is 2.02. The molecule has 0 aliphatic heterocycles. The molecule has 0 aliphatic carbocycles. The molecule has 1 aromatic carbocycles. The molecule has 2 aromatic rings. The fourth-order valence-electron chi connectivity index (χ4n) is 2.31. The van der Waals surface area contributed by atoms with Crippen molar-refractivity contribution in [1.82, 2.24) is 15.6 Å². The van der Waals surface area contributed by atoms with Crippen LogP contribution in [0.4, 0.5) is 0 Å². The van der Waals surface area contributed by atoms with E-state index in [2.05, 4.69) is 49.4 Å². The van der Waals surface area contributed by atoms with Gasteiger partial charge < -0.3 is 15.4 Å². The van der Waals surface area contributed by atoms with E-state index in [4.69, 9.17) is 9.73 Å². The summed E-state index contributed by atoms with van der Waals surface area (Å²) in [6.45, 7) is 13.3. The molecule has 5 nitrogen and oxygen atoms in total. The quantitative estimate of drug-likeness (QED) is 0.541. The number of nitrogens with one attached hydrogen (secondary N) is 2. The largest absolute Gasteiger partial charge is 0.493 e. The minimum absolute atomic E-state index is 0.496. The van der Waals surface area contributed by atoms with E-state index >= 15 is 0 Å². The zero-order valence-electron chi connectivity index (χ0n) is 16.4. The Labute approximate surface area is 160 Å². The summed E-state index contributed by atoms with van der Waals surface area (Å²) in [6, 6.07) is 8.10. The second-order valence-electron chi connectivity index (χ2n) is 6.61. The SMILES string of the molecule is CCNC(=NCc1ccccc1OCC(C)C)NCc1nc(C)c(C)s1. The lowest BCUT2D eigenvalue weighted by Gasteiger charge is -2.13. The zero-order valence-corrected chi connectivity index (χ0v) is 17.2. The molecular formula is C20H30N4OS. The van der Waals surface area contributed by atoms with Gasteiger partial charge in [0.05, 0.1) is 25.4 Å². The molecule has 0 bridgehead atoms. The van der Waals surface area contributed by atoms with Gasteiger partial charge in [-0.3, -0.25) is 0 Å². The van der Waals surface area contributed by atoms with Crippen LogP contribution in [0.5, 0.6) is 5.75 Å². The normalized spacial score (nSPS) is 11.7. The molecule has 0 atom stereocenters. The van der Waals surface area contributed by atoms with Crippen LogP contribution in [0, 0.1) is 19.8 Å². The Morgan fingerprint density at radius 1 is 1.23 bits per heavy atom. The first-order valence-corrected chi connectivity index (χ1v) is 9.97. The molecule has 6 heteroatoms. The van der Waals surface area contributed by atoms with Gasteiger partial charge in [0.15, 0.2) is 5.96 Å². The van der Waals surface area contributed by atoms with Crippen molar-refractivity contribution in [3.63, 3.8) is 0 Å². The number of ether oxygens (including phenoxy) is 1. The van der Waals surface area contributed by atoms with Gasteiger partial charge in [0, 0.05) is 17.0 Å². The lowest BCUT2D eigenvalue weighted by molar-refractivity contribution is 0.268. The summed E-state index contributed by atoms with van der Waals surface area (Å²) in [6.07, 6.45) is 0. The molecule has 26 heavy (non-hydrogen) atoms. The molecule has 0 aliphatic rings. The summed E-state index contributed by atoms with van der Waals surface area (Å²) >= 11 is 1.72. The molecule has 2 rings (SSSR count). The average Bonchev–Trinajstić information content (AvgIpc) is 2.94. The number of nitrogens with zero attached hydrogens (tertiary/aromatic N) is 2. The van der Waals surface area contributed by atoms with Crippen LogP contribution in [-0.4, -0.2) is 24.1 Å². The molecule has 1 heterocycles. The van der Waals surface area contributed by atoms with Gasteiger partial charge in [-0.05, 0) is 32.8 Å². The molecule has 142 valence electrons. The Morgan fingerprint density at radius 2 is 2.00 bits per heavy atom. The average molecular weight is 375 g/mol. The molecule has 0 unspecified atom stereocenters. The van der Waals surface area contributed by atoms with Gasteiger partial charge >= 0.3 is 0 Å². The predicted octanol–water partition coefficient (Wildman–Crippen LogP) is 4.05. The van der Waals surface area contributed by atoms with Crippen LogP contribution in [0.1, 0.15) is 41.9 Å². The van der Waals surface area contributed by atoms with E-state index in [1.165, 1.54) is 4.88 Å². The molecule has 2 N–H and O–H groups in total. The molecule has 0 saturated carbocycles. The summed E-state index contributed by atoms with van der Waals surface area (Å²) in [7, 11) is 0. The Hall–Kier alpha value is -2.08. The molecule has 0 fully saturated rings. The Bertz CT molecular complexity index is 705. The number of aromatic nitrogens is 1. The molecule has 0 radical (unpaired) electrons. The smallest absolute Gasteiger partial charge is 0.191 e. The molecule has 0 saturated heterocycles. The van der Waals surface area contributed by atoms with Gasteiger partial charge in [-0.2, -0.15) is 0 Å². The van der Waals surface area contributed by atoms with E-state index in [9.17, 15) is 0 Å². The van der Waals surface area contributed by atoms with E-state index in [0.29, 0.717) is 25.6 Å². The highest BCUT2D eigenvalue weighted by Gasteiger charge is 2.07. The van der Waals surface area contributed by atoms with Gasteiger partial charge in [0.2, 0.25) is 0 Å². The van der Waals surface area contributed by atoms with Gasteiger partial charge in [-0.1, -0.05) is 32.0 Å². The standard InChI is InChI=1S/C20H30N4OS/c1-6-21-20(23-12-19-24-15(4)16(5)26-19)22-11-17-9-7-8-10-18(17)25-13-14(2)3/h7-10,14H,6,11-13H2,1-5H3,(H2,21,22,23). The van der Waals surface area contributed by atoms with E-state index in [1.807, 2.05) is 25.1 Å². The summed E-state index contributed by atoms with van der Waals surface area (Å²) in [5.74, 6) is 2.19. The zero-order chi connectivity index (χ0) is 18.9. The van der Waals surface area contributed by atoms with E-state index in [1.54, 1.807) is 11.3 Å². The minimum Gasteiger partial charge on any atom is -0.493 e. The van der Waals surface area contributed by atoms with E-state index < -0.39 is 0 Å². The van der Waals surface area contributed by atoms with Crippen LogP contribution in [0.2, 0.25) is 0 Å². The van der Waals surface area contributed by atoms with Gasteiger partial charge in [0.25, 0.3) is 0 Å². The summed E-state index contributed by atoms with van der Waals surface area (Å²) < 4.78 is 5.92. The maximum Gasteiger partial charge on any atom is 0.191 e. The van der Waals surface area contributed by atoms with Gasteiger partial charge in [-0.15, -0.1) is 11.3 Å². The van der Waals surface area contributed by atoms with Crippen molar-refractivity contribution in [3.8, 4) is 5.75 Å².